The molecule has 0 fully saturated rings. The quantitative estimate of drug-likeness (QED) is 0.232. The minimum Gasteiger partial charge on any atom is -0.497 e. The van der Waals surface area contributed by atoms with Crippen LogP contribution in [0.25, 0.3) is 12.2 Å². The highest BCUT2D eigenvalue weighted by Crippen LogP contribution is 2.39. The van der Waals surface area contributed by atoms with E-state index in [1.165, 1.54) is 26.4 Å². The van der Waals surface area contributed by atoms with E-state index in [1.807, 2.05) is 0 Å². The molecule has 41 heavy (non-hydrogen) atoms. The van der Waals surface area contributed by atoms with Crippen molar-refractivity contribution >= 4 is 46.9 Å². The van der Waals surface area contributed by atoms with Gasteiger partial charge in [0.15, 0.2) is 0 Å². The van der Waals surface area contributed by atoms with Gasteiger partial charge in [0.05, 0.1) is 36.2 Å². The Morgan fingerprint density at radius 3 is 1.44 bits per heavy atom. The van der Waals surface area contributed by atoms with Crippen molar-refractivity contribution in [3.05, 3.63) is 93.5 Å². The SMILES string of the molecule is COc1ccc(/C=C(\C#N)C(=O)Nc2cc(C(F)(F)F)cc(NC(=O)/C(C#N)=C/c3ccc(OC)cc3)c2Cl)cc1. The molecule has 8 nitrogen and oxygen atoms in total. The van der Waals surface area contributed by atoms with Crippen molar-refractivity contribution in [2.45, 2.75) is 6.18 Å². The van der Waals surface area contributed by atoms with Crippen LogP contribution in [0.15, 0.2) is 71.8 Å². The Morgan fingerprint density at radius 2 is 1.15 bits per heavy atom. The molecule has 0 saturated heterocycles. The second-order valence-electron chi connectivity index (χ2n) is 8.18. The topological polar surface area (TPSA) is 124 Å². The van der Waals surface area contributed by atoms with E-state index in [0.717, 1.165) is 0 Å². The fourth-order valence-electron chi connectivity index (χ4n) is 3.38. The van der Waals surface area contributed by atoms with Crippen molar-refractivity contribution in [3.63, 3.8) is 0 Å². The van der Waals surface area contributed by atoms with Gasteiger partial charge >= 0.3 is 6.18 Å². The third-order valence-electron chi connectivity index (χ3n) is 5.48. The highest BCUT2D eigenvalue weighted by molar-refractivity contribution is 6.37. The van der Waals surface area contributed by atoms with Crippen LogP contribution in [0, 0.1) is 22.7 Å². The third kappa shape index (κ3) is 7.88. The molecule has 0 unspecified atom stereocenters. The van der Waals surface area contributed by atoms with Crippen LogP contribution in [0.2, 0.25) is 5.02 Å². The van der Waals surface area contributed by atoms with Crippen molar-refractivity contribution < 1.29 is 32.2 Å². The molecule has 0 saturated carbocycles. The molecule has 0 aliphatic heterocycles. The summed E-state index contributed by atoms with van der Waals surface area (Å²) >= 11 is 6.27. The van der Waals surface area contributed by atoms with Crippen LogP contribution in [0.3, 0.4) is 0 Å². The molecular formula is C29H20ClF3N4O4. The lowest BCUT2D eigenvalue weighted by atomic mass is 10.1. The molecule has 3 aromatic rings. The summed E-state index contributed by atoms with van der Waals surface area (Å²) in [5, 5.41) is 22.9. The normalized spacial score (nSPS) is 11.6. The van der Waals surface area contributed by atoms with Gasteiger partial charge in [-0.25, -0.2) is 0 Å². The lowest BCUT2D eigenvalue weighted by Gasteiger charge is -2.16. The molecule has 0 atom stereocenters. The van der Waals surface area contributed by atoms with Crippen molar-refractivity contribution in [1.82, 2.24) is 0 Å². The molecule has 3 aromatic carbocycles. The summed E-state index contributed by atoms with van der Waals surface area (Å²) < 4.78 is 51.2. The number of rotatable bonds is 8. The minimum atomic E-state index is -4.89. The van der Waals surface area contributed by atoms with Crippen LogP contribution in [0.5, 0.6) is 11.5 Å². The number of methoxy groups -OCH3 is 2. The number of halogens is 4. The van der Waals surface area contributed by atoms with Gasteiger partial charge in [0.2, 0.25) is 0 Å². The number of ether oxygens (including phenoxy) is 2. The number of anilines is 2. The number of carbonyl (C=O) groups is 2. The van der Waals surface area contributed by atoms with E-state index in [0.29, 0.717) is 34.8 Å². The molecule has 208 valence electrons. The Labute approximate surface area is 237 Å². The minimum absolute atomic E-state index is 0.427. The van der Waals surface area contributed by atoms with Crippen molar-refractivity contribution in [3.8, 4) is 23.6 Å². The van der Waals surface area contributed by atoms with E-state index >= 15 is 0 Å². The molecule has 0 spiro atoms. The van der Waals surface area contributed by atoms with Gasteiger partial charge in [0, 0.05) is 0 Å². The average molecular weight is 581 g/mol. The Balaban J connectivity index is 1.94. The van der Waals surface area contributed by atoms with Crippen LogP contribution in [0.1, 0.15) is 16.7 Å². The molecular weight excluding hydrogens is 561 g/mol. The van der Waals surface area contributed by atoms with Gasteiger partial charge in [0.1, 0.15) is 34.8 Å². The van der Waals surface area contributed by atoms with Gasteiger partial charge < -0.3 is 20.1 Å². The summed E-state index contributed by atoms with van der Waals surface area (Å²) in [6, 6.07) is 17.2. The van der Waals surface area contributed by atoms with Gasteiger partial charge in [-0.1, -0.05) is 35.9 Å². The first kappa shape index (κ1) is 30.3. The van der Waals surface area contributed by atoms with E-state index in [9.17, 15) is 33.3 Å². The number of nitrogens with zero attached hydrogens (tertiary/aromatic N) is 2. The zero-order chi connectivity index (χ0) is 30.2. The molecule has 2 amide bonds. The zero-order valence-electron chi connectivity index (χ0n) is 21.5. The second-order valence-corrected chi connectivity index (χ2v) is 8.56. The van der Waals surface area contributed by atoms with Crippen molar-refractivity contribution in [1.29, 1.82) is 10.5 Å². The monoisotopic (exact) mass is 580 g/mol. The Kier molecular flexibility index (Phi) is 9.75. The number of hydrogen-bond acceptors (Lipinski definition) is 6. The number of nitriles is 2. The molecule has 12 heteroatoms. The van der Waals surface area contributed by atoms with Crippen LogP contribution < -0.4 is 20.1 Å². The highest BCUT2D eigenvalue weighted by Gasteiger charge is 2.33. The lowest BCUT2D eigenvalue weighted by molar-refractivity contribution is -0.137. The number of benzene rings is 3. The van der Waals surface area contributed by atoms with Crippen molar-refractivity contribution in [2.75, 3.05) is 24.9 Å². The van der Waals surface area contributed by atoms with Gasteiger partial charge in [-0.2, -0.15) is 23.7 Å². The van der Waals surface area contributed by atoms with Gasteiger partial charge in [-0.3, -0.25) is 9.59 Å². The highest BCUT2D eigenvalue weighted by atomic mass is 35.5. The number of alkyl halides is 3. The van der Waals surface area contributed by atoms with Crippen LogP contribution >= 0.6 is 11.6 Å². The first-order valence-electron chi connectivity index (χ1n) is 11.5. The van der Waals surface area contributed by atoms with Crippen LogP contribution in [0.4, 0.5) is 24.5 Å². The average Bonchev–Trinajstić information content (AvgIpc) is 2.96. The maximum absolute atomic E-state index is 13.7. The Morgan fingerprint density at radius 1 is 0.780 bits per heavy atom. The Bertz CT molecular complexity index is 1490. The summed E-state index contributed by atoms with van der Waals surface area (Å²) in [6.07, 6.45) is -2.44. The largest absolute Gasteiger partial charge is 0.497 e. The number of amides is 2. The molecule has 0 bridgehead atoms. The van der Waals surface area contributed by atoms with Crippen molar-refractivity contribution in [2.24, 2.45) is 0 Å². The molecule has 0 aliphatic rings. The van der Waals surface area contributed by atoms with E-state index in [-0.39, 0.29) is 0 Å². The maximum atomic E-state index is 13.7. The first-order valence-corrected chi connectivity index (χ1v) is 11.9. The van der Waals surface area contributed by atoms with Gasteiger partial charge in [-0.15, -0.1) is 0 Å². The lowest BCUT2D eigenvalue weighted by Crippen LogP contribution is -2.18. The molecule has 0 heterocycles. The number of carbonyl (C=O) groups excluding carboxylic acids is 2. The maximum Gasteiger partial charge on any atom is 0.416 e. The molecule has 0 aromatic heterocycles. The molecule has 2 N–H and O–H groups in total. The van der Waals surface area contributed by atoms with Gasteiger partial charge in [0.25, 0.3) is 11.8 Å². The van der Waals surface area contributed by atoms with E-state index in [4.69, 9.17) is 21.1 Å². The molecule has 0 radical (unpaired) electrons. The predicted octanol–water partition coefficient (Wildman–Crippen LogP) is 6.47. The summed E-state index contributed by atoms with van der Waals surface area (Å²) in [7, 11) is 2.93. The summed E-state index contributed by atoms with van der Waals surface area (Å²) in [5.41, 5.74) is -2.23. The zero-order valence-corrected chi connectivity index (χ0v) is 22.2. The molecule has 0 aliphatic carbocycles. The smallest absolute Gasteiger partial charge is 0.416 e. The fourth-order valence-corrected chi connectivity index (χ4v) is 3.58. The predicted molar refractivity (Wildman–Crippen MR) is 147 cm³/mol. The Hall–Kier alpha value is -5.26. The molecule has 3 rings (SSSR count). The summed E-state index contributed by atoms with van der Waals surface area (Å²) in [6.45, 7) is 0. The number of hydrogen-bond donors (Lipinski definition) is 2. The van der Waals surface area contributed by atoms with Crippen LogP contribution in [-0.2, 0) is 15.8 Å². The van der Waals surface area contributed by atoms with E-state index in [1.54, 1.807) is 60.7 Å². The standard InChI is InChI=1S/C29H20ClF3N4O4/c1-40-22-7-3-17(4-8-22)11-19(15-34)27(38)36-24-13-21(29(31,32)33)14-25(26(24)30)37-28(39)20(16-35)12-18-5-9-23(41-2)10-6-18/h3-14H,1-2H3,(H,36,38)(H,37,39)/b19-11+,20-12+. The van der Waals surface area contributed by atoms with Gasteiger partial charge in [-0.05, 0) is 59.7 Å². The first-order chi connectivity index (χ1) is 19.5. The second kappa shape index (κ2) is 13.2. The summed E-state index contributed by atoms with van der Waals surface area (Å²) in [5.74, 6) is -1.01. The van der Waals surface area contributed by atoms with E-state index in [2.05, 4.69) is 10.6 Å². The van der Waals surface area contributed by atoms with E-state index < -0.39 is 51.1 Å². The number of nitrogens with one attached hydrogen (secondary N) is 2. The summed E-state index contributed by atoms with van der Waals surface area (Å²) in [4.78, 5) is 25.6. The van der Waals surface area contributed by atoms with Crippen LogP contribution in [-0.4, -0.2) is 26.0 Å². The fraction of sp³-hybridized carbons (Fsp3) is 0.103. The third-order valence-corrected chi connectivity index (χ3v) is 5.89.